The zero-order chi connectivity index (χ0) is 12.1. The van der Waals surface area contributed by atoms with Crippen LogP contribution in [0.3, 0.4) is 0 Å². The van der Waals surface area contributed by atoms with E-state index in [1.807, 2.05) is 24.5 Å². The number of aromatic nitrogens is 3. The van der Waals surface area contributed by atoms with Crippen molar-refractivity contribution in [2.45, 2.75) is 5.75 Å². The Hall–Kier alpha value is -1.45. The minimum Gasteiger partial charge on any atom is -0.243 e. The van der Waals surface area contributed by atoms with Crippen LogP contribution in [-0.4, -0.2) is 21.0 Å². The number of pyridine rings is 1. The second kappa shape index (κ2) is 5.75. The van der Waals surface area contributed by atoms with Crippen molar-refractivity contribution in [2.75, 3.05) is 6.26 Å². The van der Waals surface area contributed by atoms with Crippen molar-refractivity contribution in [1.29, 1.82) is 5.26 Å². The highest BCUT2D eigenvalue weighted by atomic mass is 33.1. The highest BCUT2D eigenvalue weighted by molar-refractivity contribution is 8.76. The Kier molecular flexibility index (Phi) is 4.07. The number of nitriles is 1. The van der Waals surface area contributed by atoms with Crippen LogP contribution in [0.15, 0.2) is 30.7 Å². The Morgan fingerprint density at radius 1 is 1.41 bits per heavy atom. The van der Waals surface area contributed by atoms with E-state index in [0.29, 0.717) is 5.69 Å². The average molecular weight is 262 g/mol. The largest absolute Gasteiger partial charge is 0.243 e. The summed E-state index contributed by atoms with van der Waals surface area (Å²) in [6.45, 7) is 0. The summed E-state index contributed by atoms with van der Waals surface area (Å²) < 4.78 is 1.77. The van der Waals surface area contributed by atoms with E-state index in [4.69, 9.17) is 5.26 Å². The Morgan fingerprint density at radius 3 is 2.94 bits per heavy atom. The molecule has 17 heavy (non-hydrogen) atoms. The normalized spacial score (nSPS) is 10.1. The standard InChI is InChI=1S/C11H10N4S2/c1-16-17-8-9-5-14-15(7-9)11-3-2-10(4-12)13-6-11/h2-3,5-7H,8H2,1H3. The van der Waals surface area contributed by atoms with Crippen molar-refractivity contribution in [2.24, 2.45) is 0 Å². The Bertz CT molecular complexity index is 527. The van der Waals surface area contributed by atoms with Crippen LogP contribution in [0.5, 0.6) is 0 Å². The molecule has 4 nitrogen and oxygen atoms in total. The van der Waals surface area contributed by atoms with Crippen LogP contribution < -0.4 is 0 Å². The van der Waals surface area contributed by atoms with Crippen LogP contribution in [0, 0.1) is 11.3 Å². The molecule has 86 valence electrons. The third-order valence-corrected chi connectivity index (χ3v) is 3.85. The van der Waals surface area contributed by atoms with Crippen molar-refractivity contribution in [3.05, 3.63) is 42.0 Å². The van der Waals surface area contributed by atoms with E-state index in [0.717, 1.165) is 11.4 Å². The summed E-state index contributed by atoms with van der Waals surface area (Å²) >= 11 is 0. The summed E-state index contributed by atoms with van der Waals surface area (Å²) in [5, 5.41) is 12.9. The maximum Gasteiger partial charge on any atom is 0.140 e. The summed E-state index contributed by atoms with van der Waals surface area (Å²) in [6.07, 6.45) is 7.53. The first-order chi connectivity index (χ1) is 8.33. The molecular weight excluding hydrogens is 252 g/mol. The van der Waals surface area contributed by atoms with Gasteiger partial charge in [-0.2, -0.15) is 10.4 Å². The molecule has 2 aromatic heterocycles. The summed E-state index contributed by atoms with van der Waals surface area (Å²) in [5.74, 6) is 0.935. The number of rotatable bonds is 4. The molecule has 0 aliphatic carbocycles. The maximum atomic E-state index is 8.66. The summed E-state index contributed by atoms with van der Waals surface area (Å²) in [7, 11) is 3.52. The topological polar surface area (TPSA) is 54.5 Å². The Balaban J connectivity index is 2.16. The second-order valence-electron chi connectivity index (χ2n) is 3.24. The van der Waals surface area contributed by atoms with Gasteiger partial charge in [0.25, 0.3) is 0 Å². The monoisotopic (exact) mass is 262 g/mol. The Morgan fingerprint density at radius 2 is 2.29 bits per heavy atom. The van der Waals surface area contributed by atoms with Gasteiger partial charge in [0.2, 0.25) is 0 Å². The predicted molar refractivity (Wildman–Crippen MR) is 70.9 cm³/mol. The molecule has 0 aliphatic heterocycles. The van der Waals surface area contributed by atoms with Gasteiger partial charge in [-0.25, -0.2) is 9.67 Å². The first-order valence-corrected chi connectivity index (χ1v) is 7.62. The molecule has 0 bridgehead atoms. The van der Waals surface area contributed by atoms with Gasteiger partial charge in [0.05, 0.1) is 18.1 Å². The third-order valence-electron chi connectivity index (χ3n) is 2.11. The lowest BCUT2D eigenvalue weighted by atomic mass is 10.3. The molecule has 0 N–H and O–H groups in total. The number of hydrogen-bond donors (Lipinski definition) is 0. The molecule has 0 aliphatic rings. The van der Waals surface area contributed by atoms with Crippen molar-refractivity contribution >= 4 is 21.6 Å². The molecule has 0 amide bonds. The lowest BCUT2D eigenvalue weighted by Crippen LogP contribution is -1.95. The minimum absolute atomic E-state index is 0.416. The minimum atomic E-state index is 0.416. The van der Waals surface area contributed by atoms with Gasteiger partial charge in [-0.15, -0.1) is 0 Å². The van der Waals surface area contributed by atoms with E-state index in [-0.39, 0.29) is 0 Å². The van der Waals surface area contributed by atoms with E-state index in [1.165, 1.54) is 5.56 Å². The van der Waals surface area contributed by atoms with Gasteiger partial charge in [0.15, 0.2) is 0 Å². The molecule has 0 radical (unpaired) electrons. The first kappa shape index (κ1) is 12.0. The summed E-state index contributed by atoms with van der Waals surface area (Å²) in [6, 6.07) is 5.52. The van der Waals surface area contributed by atoms with Crippen LogP contribution in [0.2, 0.25) is 0 Å². The van der Waals surface area contributed by atoms with E-state index in [1.54, 1.807) is 38.5 Å². The third kappa shape index (κ3) is 3.02. The fourth-order valence-electron chi connectivity index (χ4n) is 1.29. The van der Waals surface area contributed by atoms with Crippen LogP contribution in [0.4, 0.5) is 0 Å². The molecule has 0 atom stereocenters. The fourth-order valence-corrected chi connectivity index (χ4v) is 2.46. The van der Waals surface area contributed by atoms with Crippen molar-refractivity contribution in [3.63, 3.8) is 0 Å². The quantitative estimate of drug-likeness (QED) is 0.793. The summed E-state index contributed by atoms with van der Waals surface area (Å²) in [5.41, 5.74) is 2.46. The van der Waals surface area contributed by atoms with E-state index >= 15 is 0 Å². The molecule has 2 aromatic rings. The maximum absolute atomic E-state index is 8.66. The zero-order valence-electron chi connectivity index (χ0n) is 9.20. The second-order valence-corrected chi connectivity index (χ2v) is 5.80. The van der Waals surface area contributed by atoms with Gasteiger partial charge in [-0.1, -0.05) is 21.6 Å². The summed E-state index contributed by atoms with van der Waals surface area (Å²) in [4.78, 5) is 4.01. The van der Waals surface area contributed by atoms with Crippen molar-refractivity contribution in [3.8, 4) is 11.8 Å². The SMILES string of the molecule is CSSCc1cnn(-c2ccc(C#N)nc2)c1. The molecule has 6 heteroatoms. The van der Waals surface area contributed by atoms with Gasteiger partial charge in [-0.05, 0) is 18.4 Å². The molecule has 0 aromatic carbocycles. The predicted octanol–water partition coefficient (Wildman–Crippen LogP) is 2.65. The smallest absolute Gasteiger partial charge is 0.140 e. The van der Waals surface area contributed by atoms with Gasteiger partial charge in [0.1, 0.15) is 11.8 Å². The van der Waals surface area contributed by atoms with Gasteiger partial charge in [-0.3, -0.25) is 0 Å². The van der Waals surface area contributed by atoms with Gasteiger partial charge >= 0.3 is 0 Å². The average Bonchev–Trinajstić information content (AvgIpc) is 2.85. The van der Waals surface area contributed by atoms with E-state index < -0.39 is 0 Å². The van der Waals surface area contributed by atoms with Gasteiger partial charge < -0.3 is 0 Å². The van der Waals surface area contributed by atoms with Gasteiger partial charge in [0, 0.05) is 17.5 Å². The Labute approximate surface area is 107 Å². The van der Waals surface area contributed by atoms with E-state index in [9.17, 15) is 0 Å². The molecule has 0 saturated heterocycles. The zero-order valence-corrected chi connectivity index (χ0v) is 10.8. The molecular formula is C11H10N4S2. The molecule has 0 unspecified atom stereocenters. The van der Waals surface area contributed by atoms with Crippen LogP contribution in [0.1, 0.15) is 11.3 Å². The molecule has 2 rings (SSSR count). The van der Waals surface area contributed by atoms with Crippen LogP contribution in [0.25, 0.3) is 5.69 Å². The highest BCUT2D eigenvalue weighted by Gasteiger charge is 2.01. The van der Waals surface area contributed by atoms with Crippen molar-refractivity contribution < 1.29 is 0 Å². The lowest BCUT2D eigenvalue weighted by Gasteiger charge is -1.99. The van der Waals surface area contributed by atoms with Crippen molar-refractivity contribution in [1.82, 2.24) is 14.8 Å². The first-order valence-electron chi connectivity index (χ1n) is 4.89. The number of nitrogens with zero attached hydrogens (tertiary/aromatic N) is 4. The molecule has 0 fully saturated rings. The molecule has 0 spiro atoms. The molecule has 0 saturated carbocycles. The number of hydrogen-bond acceptors (Lipinski definition) is 5. The van der Waals surface area contributed by atoms with Crippen LogP contribution in [-0.2, 0) is 5.75 Å². The highest BCUT2D eigenvalue weighted by Crippen LogP contribution is 2.22. The lowest BCUT2D eigenvalue weighted by molar-refractivity contribution is 0.872. The molecule has 2 heterocycles. The van der Waals surface area contributed by atoms with E-state index in [2.05, 4.69) is 16.3 Å². The fraction of sp³-hybridized carbons (Fsp3) is 0.182. The van der Waals surface area contributed by atoms with Crippen LogP contribution >= 0.6 is 21.6 Å².